The molecule has 0 fully saturated rings. The molecule has 0 rings (SSSR count). The van der Waals surface area contributed by atoms with Crippen molar-refractivity contribution in [2.45, 2.75) is 442 Å². The maximum absolute atomic E-state index is 11.0. The van der Waals surface area contributed by atoms with E-state index in [9.17, 15) is 40.9 Å². The van der Waals surface area contributed by atoms with E-state index in [1.54, 1.807) is 22.0 Å². The third kappa shape index (κ3) is 88.4. The van der Waals surface area contributed by atoms with Crippen LogP contribution >= 0.6 is 0 Å². The first-order valence-electron chi connectivity index (χ1n) is 45.6. The predicted octanol–water partition coefficient (Wildman–Crippen LogP) is 21.7. The molecule has 0 amide bonds. The number of hydrazone groups is 3. The second kappa shape index (κ2) is 90.5. The molecule has 791 valence electrons. The first-order valence-corrected chi connectivity index (χ1v) is 78.0. The molecule has 40 heteroatoms. The molecule has 0 spiro atoms. The van der Waals surface area contributed by atoms with E-state index in [4.69, 9.17) is 14.4 Å². The molecular weight excluding hydrogens is 2180 g/mol. The number of nitrogens with zero attached hydrogens (tertiary/aromatic N) is 12. The van der Waals surface area contributed by atoms with Gasteiger partial charge in [-0.3, -0.25) is 0 Å². The summed E-state index contributed by atoms with van der Waals surface area (Å²) in [6.07, 6.45) is 9.56. The summed E-state index contributed by atoms with van der Waals surface area (Å²) in [5.74, 6) is 0. The van der Waals surface area contributed by atoms with Gasteiger partial charge in [0.1, 0.15) is 12.2 Å². The first-order chi connectivity index (χ1) is 54.0. The molecule has 0 aromatic rings. The molecule has 0 aromatic carbocycles. The average Bonchev–Trinajstić information content (AvgIpc) is 0.811. The maximum atomic E-state index is 11.0. The van der Waals surface area contributed by atoms with Crippen LogP contribution in [0.15, 0.2) is 68.6 Å². The van der Waals surface area contributed by atoms with Crippen LogP contribution in [0.25, 0.3) is 0 Å². The van der Waals surface area contributed by atoms with Crippen molar-refractivity contribution >= 4 is 133 Å². The molecule has 8 unspecified atom stereocenters. The van der Waals surface area contributed by atoms with Gasteiger partial charge in [-0.25, -0.2) is 0 Å². The molecule has 0 bridgehead atoms. The van der Waals surface area contributed by atoms with E-state index >= 15 is 0 Å². The van der Waals surface area contributed by atoms with Crippen molar-refractivity contribution in [1.29, 1.82) is 0 Å². The van der Waals surface area contributed by atoms with Crippen LogP contribution in [0.1, 0.15) is 203 Å². The normalized spacial score (nSPS) is 14.5. The van der Waals surface area contributed by atoms with Crippen molar-refractivity contribution < 1.29 is 197 Å². The fraction of sp³-hybridized carbons (Fsp3) is 0.852. The Balaban J connectivity index is -0.0000000664. The molecule has 0 aliphatic carbocycles. The Hall–Kier alpha value is 2.28. The number of hydrogen-bond donors (Lipinski definition) is 9. The first kappa shape index (κ1) is 173. The Kier molecular flexibility index (Phi) is 122. The second-order valence-electron chi connectivity index (χ2n) is 38.6. The van der Waals surface area contributed by atoms with Crippen LogP contribution in [0.3, 0.4) is 0 Å². The number of rotatable bonds is 43. The largest absolute Gasteiger partial charge is 0.391 e. The van der Waals surface area contributed by atoms with Crippen molar-refractivity contribution in [3.8, 4) is 0 Å². The fourth-order valence-electron chi connectivity index (χ4n) is 12.2. The van der Waals surface area contributed by atoms with Gasteiger partial charge < -0.3 is 88.9 Å². The SMILES string of the molecule is C=CC(O)C(CC)=NN(C)C.C=CC(O)C(CC)=N[Si](C)(C)C.CCC(=NN(C)C)C(O)[Si](C)(C)C.CCC(=NN(C)C)C(O)[Si](CC)(CC)CC.CCC(=N[Si](C)(C)C)C(C)O.CCC(=N[Si](C)(C)C)C(O)CC.CCC(=N[Si](C)(C)C)C(O)[Si](C)(C)C.CCC(=N[Si](CC)(CC)CC)C(O)[Si](CC)(CC)CC.CCC(CO)=N[Si](C)(C)C.[Co].[Co].[Co].[Co].[Co].[Co].[Co].[Co].[Co]. The summed E-state index contributed by atoms with van der Waals surface area (Å²) < 4.78 is 28.1. The van der Waals surface area contributed by atoms with E-state index in [1.807, 2.05) is 83.8 Å². The zero-order valence-electron chi connectivity index (χ0n) is 90.2. The van der Waals surface area contributed by atoms with E-state index in [0.717, 1.165) is 134 Å². The van der Waals surface area contributed by atoms with Gasteiger partial charge in [0, 0.05) is 228 Å². The molecule has 0 aliphatic heterocycles. The summed E-state index contributed by atoms with van der Waals surface area (Å²) in [4.78, 5) is 0. The van der Waals surface area contributed by atoms with Gasteiger partial charge in [-0.2, -0.15) is 15.3 Å². The van der Waals surface area contributed by atoms with Crippen molar-refractivity contribution in [1.82, 2.24) is 15.0 Å². The smallest absolute Gasteiger partial charge is 0.180 e. The summed E-state index contributed by atoms with van der Waals surface area (Å²) in [7, 11) is -3.45. The van der Waals surface area contributed by atoms with E-state index in [2.05, 4.69) is 275 Å². The van der Waals surface area contributed by atoms with Gasteiger partial charge in [-0.05, 0) is 187 Å². The molecule has 0 heterocycles. The third-order valence-corrected chi connectivity index (χ3v) is 44.8. The molecular formula is C88H204Co9N12O9Si10. The number of aliphatic hydroxyl groups excluding tert-OH is 9. The van der Waals surface area contributed by atoms with Crippen LogP contribution in [0.5, 0.6) is 0 Å². The Morgan fingerprint density at radius 3 is 0.688 bits per heavy atom. The van der Waals surface area contributed by atoms with Crippen LogP contribution in [0, 0.1) is 0 Å². The van der Waals surface area contributed by atoms with Crippen molar-refractivity contribution in [3.63, 3.8) is 0 Å². The van der Waals surface area contributed by atoms with Crippen molar-refractivity contribution in [3.05, 3.63) is 25.3 Å². The van der Waals surface area contributed by atoms with Gasteiger partial charge in [0.2, 0.25) is 0 Å². The summed E-state index contributed by atoms with van der Waals surface area (Å²) in [6.45, 7) is 95.3. The maximum Gasteiger partial charge on any atom is 0.180 e. The Morgan fingerprint density at radius 2 is 0.500 bits per heavy atom. The summed E-state index contributed by atoms with van der Waals surface area (Å²) in [5.41, 5.74) is 7.44. The second-order valence-corrected chi connectivity index (χ2v) is 87.6. The monoisotopic (exact) mass is 2380 g/mol. The van der Waals surface area contributed by atoms with Gasteiger partial charge in [0.15, 0.2) is 49.4 Å². The average molecular weight is 2390 g/mol. The zero-order valence-corrected chi connectivity index (χ0v) is 110. The van der Waals surface area contributed by atoms with Gasteiger partial charge >= 0.3 is 0 Å². The minimum absolute atomic E-state index is 0. The van der Waals surface area contributed by atoms with Crippen LogP contribution in [-0.4, -0.2) is 290 Å². The van der Waals surface area contributed by atoms with Crippen LogP contribution in [0.2, 0.25) is 192 Å². The van der Waals surface area contributed by atoms with Gasteiger partial charge in [-0.15, -0.1) is 13.2 Å². The van der Waals surface area contributed by atoms with Gasteiger partial charge in [0.05, 0.1) is 91.2 Å². The molecule has 9 radical (unpaired) electrons. The van der Waals surface area contributed by atoms with Crippen LogP contribution < -0.4 is 0 Å². The van der Waals surface area contributed by atoms with Crippen LogP contribution in [-0.2, 0) is 151 Å². The van der Waals surface area contributed by atoms with E-state index in [-0.39, 0.29) is 193 Å². The molecule has 21 nitrogen and oxygen atoms in total. The standard InChI is InChI=1S/C16H37NOSi2.C12H28N2OSi.C10H25NOSi2.C9H22N2OSi.C9H21NOSi.C9H19NOSi.C8H16N2O.C8H19NOSi.C7H17NOSi.9Co/c1-8-15(17-20(12-5,13-6)14-7)16(18)19(9-2,10-3)11-4;1-7-11(13-14(5)6)12(15)16(8-2,9-3)10-4;1-8-9(11-14(5,6)7)10(12)13(2,3)4;1-7-8(10-11(2)3)9(12)13(4,5)6;2*1-6-8(9(11)7-2)10-12(3,4)5;1-5-7(8(11)6-2)9-10(3)4;1-6-8(7(2)10)9-11(3,4)5;1-5-7(6-9)8-10(2,3)4;;;;;;;;;/h16,18H,8-14H2,1-7H3;12,15H,7-10H2,1-6H3;10,12H,8H2,1-7H3;9,12H,7H2,1-6H3;9,11H,6-7H2,1-5H3;7,9,11H,2,6H2,1,3-5H3;6,8,11H,2,5H2,1,3-4H3;7,10H,6H2,1-5H3;9H,5-6H2,1-4H3;;;;;;;;;. The molecule has 9 N–H and O–H groups in total. The quantitative estimate of drug-likeness (QED) is 0.0119. The summed E-state index contributed by atoms with van der Waals surface area (Å²) in [6, 6.07) is 10.5. The predicted molar refractivity (Wildman–Crippen MR) is 567 cm³/mol. The number of hydrogen-bond acceptors (Lipinski definition) is 21. The van der Waals surface area contributed by atoms with Crippen LogP contribution in [0.4, 0.5) is 0 Å². The minimum Gasteiger partial charge on any atom is -0.391 e. The molecule has 0 aliphatic rings. The Labute approximate surface area is 895 Å². The van der Waals surface area contributed by atoms with Gasteiger partial charge in [0.25, 0.3) is 0 Å². The van der Waals surface area contributed by atoms with Gasteiger partial charge in [-0.1, -0.05) is 219 Å². The summed E-state index contributed by atoms with van der Waals surface area (Å²) in [5, 5.41) is 106. The van der Waals surface area contributed by atoms with E-state index in [1.165, 1.54) is 48.4 Å². The fourth-order valence-corrected chi connectivity index (χ4v) is 31.0. The molecule has 0 aromatic heterocycles. The molecule has 8 atom stereocenters. The van der Waals surface area contributed by atoms with E-state index in [0.29, 0.717) is 0 Å². The molecule has 128 heavy (non-hydrogen) atoms. The third-order valence-electron chi connectivity index (χ3n) is 19.9. The van der Waals surface area contributed by atoms with E-state index < -0.39 is 93.9 Å². The minimum atomic E-state index is -1.60. The van der Waals surface area contributed by atoms with Crippen molar-refractivity contribution in [2.24, 2.45) is 43.3 Å². The molecule has 0 saturated heterocycles. The summed E-state index contributed by atoms with van der Waals surface area (Å²) >= 11 is 0. The Bertz CT molecular complexity index is 2910. The van der Waals surface area contributed by atoms with Crippen molar-refractivity contribution in [2.75, 3.05) is 48.9 Å². The molecule has 0 saturated carbocycles. The Morgan fingerprint density at radius 1 is 0.281 bits per heavy atom. The topological polar surface area (TPSA) is 303 Å². The number of aliphatic hydroxyl groups is 9. The zero-order chi connectivity index (χ0) is 96.5.